The molecule has 0 spiro atoms. The fraction of sp³-hybridized carbons (Fsp3) is 0.529. The second kappa shape index (κ2) is 6.88. The van der Waals surface area contributed by atoms with Crippen LogP contribution in [-0.4, -0.2) is 37.6 Å². The van der Waals surface area contributed by atoms with Crippen molar-refractivity contribution in [2.75, 3.05) is 32.7 Å². The predicted octanol–water partition coefficient (Wildman–Crippen LogP) is 2.92. The van der Waals surface area contributed by atoms with Crippen molar-refractivity contribution in [2.24, 2.45) is 0 Å². The zero-order chi connectivity index (χ0) is 13.7. The molecule has 2 heteroatoms. The Balaban J connectivity index is 1.86. The second-order valence-corrected chi connectivity index (χ2v) is 5.58. The fourth-order valence-electron chi connectivity index (χ4n) is 2.56. The molecule has 0 unspecified atom stereocenters. The summed E-state index contributed by atoms with van der Waals surface area (Å²) in [6, 6.07) is 4.58. The standard InChI is InChI=1S/C17H26N2/c1-14-12-16(3)17(13-15(14)2)6-4-5-9-19-10-7-18-8-11-19/h4,6,12-13,18H,5,7-11H2,1-3H3/b6-4+. The Kier molecular flexibility index (Phi) is 5.17. The Morgan fingerprint density at radius 3 is 2.47 bits per heavy atom. The topological polar surface area (TPSA) is 15.3 Å². The zero-order valence-corrected chi connectivity index (χ0v) is 12.5. The molecular formula is C17H26N2. The average molecular weight is 258 g/mol. The van der Waals surface area contributed by atoms with Crippen LogP contribution in [-0.2, 0) is 0 Å². The first-order valence-corrected chi connectivity index (χ1v) is 7.34. The Morgan fingerprint density at radius 1 is 1.05 bits per heavy atom. The van der Waals surface area contributed by atoms with E-state index in [1.54, 1.807) is 0 Å². The molecule has 19 heavy (non-hydrogen) atoms. The van der Waals surface area contributed by atoms with Crippen molar-refractivity contribution < 1.29 is 0 Å². The summed E-state index contributed by atoms with van der Waals surface area (Å²) in [6.07, 6.45) is 5.75. The Bertz CT molecular complexity index is 443. The molecule has 1 N–H and O–H groups in total. The lowest BCUT2D eigenvalue weighted by Gasteiger charge is -2.26. The van der Waals surface area contributed by atoms with E-state index in [4.69, 9.17) is 0 Å². The number of rotatable bonds is 4. The van der Waals surface area contributed by atoms with Gasteiger partial charge in [-0.15, -0.1) is 0 Å². The highest BCUT2D eigenvalue weighted by molar-refractivity contribution is 5.56. The van der Waals surface area contributed by atoms with E-state index in [1.807, 2.05) is 0 Å². The van der Waals surface area contributed by atoms with E-state index in [0.717, 1.165) is 19.5 Å². The molecule has 0 aromatic heterocycles. The molecule has 1 aromatic rings. The number of nitrogens with zero attached hydrogens (tertiary/aromatic N) is 1. The summed E-state index contributed by atoms with van der Waals surface area (Å²) < 4.78 is 0. The number of aryl methyl sites for hydroxylation is 3. The van der Waals surface area contributed by atoms with Gasteiger partial charge in [0.2, 0.25) is 0 Å². The number of nitrogens with one attached hydrogen (secondary N) is 1. The van der Waals surface area contributed by atoms with E-state index in [-0.39, 0.29) is 0 Å². The molecule has 104 valence electrons. The highest BCUT2D eigenvalue weighted by Gasteiger charge is 2.07. The molecule has 0 saturated carbocycles. The van der Waals surface area contributed by atoms with Crippen molar-refractivity contribution in [2.45, 2.75) is 27.2 Å². The Hall–Kier alpha value is -1.12. The molecule has 1 aromatic carbocycles. The molecule has 2 rings (SSSR count). The summed E-state index contributed by atoms with van der Waals surface area (Å²) in [7, 11) is 0. The molecule has 1 aliphatic heterocycles. The van der Waals surface area contributed by atoms with Gasteiger partial charge in [0.15, 0.2) is 0 Å². The maximum absolute atomic E-state index is 3.39. The lowest BCUT2D eigenvalue weighted by atomic mass is 10.0. The first-order chi connectivity index (χ1) is 9.16. The van der Waals surface area contributed by atoms with Gasteiger partial charge >= 0.3 is 0 Å². The number of hydrogen-bond acceptors (Lipinski definition) is 2. The van der Waals surface area contributed by atoms with Gasteiger partial charge < -0.3 is 10.2 Å². The zero-order valence-electron chi connectivity index (χ0n) is 12.5. The van der Waals surface area contributed by atoms with Crippen molar-refractivity contribution in [1.82, 2.24) is 10.2 Å². The Labute approximate surface area is 117 Å². The molecule has 0 aliphatic carbocycles. The average Bonchev–Trinajstić information content (AvgIpc) is 2.41. The lowest BCUT2D eigenvalue weighted by Crippen LogP contribution is -2.43. The van der Waals surface area contributed by atoms with E-state index >= 15 is 0 Å². The molecule has 1 heterocycles. The van der Waals surface area contributed by atoms with E-state index in [9.17, 15) is 0 Å². The maximum Gasteiger partial charge on any atom is 0.0107 e. The van der Waals surface area contributed by atoms with Crippen LogP contribution in [0.3, 0.4) is 0 Å². The molecular weight excluding hydrogens is 232 g/mol. The van der Waals surface area contributed by atoms with Crippen LogP contribution in [0.2, 0.25) is 0 Å². The molecule has 1 aliphatic rings. The summed E-state index contributed by atoms with van der Waals surface area (Å²) >= 11 is 0. The SMILES string of the molecule is Cc1cc(C)c(/C=C/CCN2CCNCC2)cc1C. The van der Waals surface area contributed by atoms with Gasteiger partial charge in [0.25, 0.3) is 0 Å². The molecule has 0 atom stereocenters. The largest absolute Gasteiger partial charge is 0.314 e. The monoisotopic (exact) mass is 258 g/mol. The van der Waals surface area contributed by atoms with Gasteiger partial charge in [0.1, 0.15) is 0 Å². The van der Waals surface area contributed by atoms with Gasteiger partial charge in [-0.05, 0) is 49.4 Å². The van der Waals surface area contributed by atoms with Crippen molar-refractivity contribution in [3.8, 4) is 0 Å². The Morgan fingerprint density at radius 2 is 1.74 bits per heavy atom. The maximum atomic E-state index is 3.39. The van der Waals surface area contributed by atoms with Crippen LogP contribution < -0.4 is 5.32 Å². The van der Waals surface area contributed by atoms with E-state index in [0.29, 0.717) is 0 Å². The van der Waals surface area contributed by atoms with Crippen LogP contribution in [0, 0.1) is 20.8 Å². The number of hydrogen-bond donors (Lipinski definition) is 1. The minimum absolute atomic E-state index is 1.14. The summed E-state index contributed by atoms with van der Waals surface area (Å²) in [4.78, 5) is 2.54. The minimum Gasteiger partial charge on any atom is -0.314 e. The molecule has 1 fully saturated rings. The van der Waals surface area contributed by atoms with Crippen LogP contribution in [0.4, 0.5) is 0 Å². The van der Waals surface area contributed by atoms with Gasteiger partial charge in [-0.2, -0.15) is 0 Å². The van der Waals surface area contributed by atoms with E-state index in [1.165, 1.54) is 41.9 Å². The van der Waals surface area contributed by atoms with Gasteiger partial charge in [0.05, 0.1) is 0 Å². The highest BCUT2D eigenvalue weighted by atomic mass is 15.2. The quantitative estimate of drug-likeness (QED) is 0.893. The summed E-state index contributed by atoms with van der Waals surface area (Å²) in [6.45, 7) is 12.4. The number of piperazine rings is 1. The van der Waals surface area contributed by atoms with E-state index in [2.05, 4.69) is 55.3 Å². The van der Waals surface area contributed by atoms with Crippen LogP contribution >= 0.6 is 0 Å². The van der Waals surface area contributed by atoms with Gasteiger partial charge in [-0.25, -0.2) is 0 Å². The molecule has 2 nitrogen and oxygen atoms in total. The normalized spacial score (nSPS) is 17.2. The third kappa shape index (κ3) is 4.19. The first-order valence-electron chi connectivity index (χ1n) is 7.34. The predicted molar refractivity (Wildman–Crippen MR) is 83.6 cm³/mol. The van der Waals surface area contributed by atoms with Crippen molar-refractivity contribution in [3.63, 3.8) is 0 Å². The van der Waals surface area contributed by atoms with Crippen molar-refractivity contribution in [3.05, 3.63) is 40.5 Å². The van der Waals surface area contributed by atoms with Gasteiger partial charge in [-0.3, -0.25) is 0 Å². The molecule has 0 bridgehead atoms. The number of benzene rings is 1. The summed E-state index contributed by atoms with van der Waals surface area (Å²) in [5.74, 6) is 0. The van der Waals surface area contributed by atoms with Crippen molar-refractivity contribution >= 4 is 6.08 Å². The van der Waals surface area contributed by atoms with Crippen LogP contribution in [0.15, 0.2) is 18.2 Å². The van der Waals surface area contributed by atoms with Gasteiger partial charge in [0, 0.05) is 32.7 Å². The molecule has 0 amide bonds. The van der Waals surface area contributed by atoms with Gasteiger partial charge in [-0.1, -0.05) is 24.3 Å². The third-order valence-electron chi connectivity index (χ3n) is 4.00. The van der Waals surface area contributed by atoms with Crippen LogP contribution in [0.25, 0.3) is 6.08 Å². The molecule has 1 saturated heterocycles. The van der Waals surface area contributed by atoms with Crippen LogP contribution in [0.5, 0.6) is 0 Å². The smallest absolute Gasteiger partial charge is 0.0107 e. The first kappa shape index (κ1) is 14.3. The minimum atomic E-state index is 1.14. The fourth-order valence-corrected chi connectivity index (χ4v) is 2.56. The highest BCUT2D eigenvalue weighted by Crippen LogP contribution is 2.16. The summed E-state index contributed by atoms with van der Waals surface area (Å²) in [5.41, 5.74) is 5.51. The second-order valence-electron chi connectivity index (χ2n) is 5.58. The lowest BCUT2D eigenvalue weighted by molar-refractivity contribution is 0.245. The van der Waals surface area contributed by atoms with Crippen molar-refractivity contribution in [1.29, 1.82) is 0 Å². The molecule has 0 radical (unpaired) electrons. The van der Waals surface area contributed by atoms with E-state index < -0.39 is 0 Å². The van der Waals surface area contributed by atoms with Crippen LogP contribution in [0.1, 0.15) is 28.7 Å². The third-order valence-corrected chi connectivity index (χ3v) is 4.00. The summed E-state index contributed by atoms with van der Waals surface area (Å²) in [5, 5.41) is 3.39.